The summed E-state index contributed by atoms with van der Waals surface area (Å²) < 4.78 is 8.34. The average Bonchev–Trinajstić information content (AvgIpc) is 2.81. The number of pyridine rings is 2. The van der Waals surface area contributed by atoms with Crippen molar-refractivity contribution in [2.45, 2.75) is 33.7 Å². The highest BCUT2D eigenvalue weighted by molar-refractivity contribution is 5.93. The molecule has 0 fully saturated rings. The Labute approximate surface area is 196 Å². The topological polar surface area (TPSA) is 95.0 Å². The lowest BCUT2D eigenvalue weighted by Gasteiger charge is -2.15. The van der Waals surface area contributed by atoms with Crippen LogP contribution < -0.4 is 11.0 Å². The summed E-state index contributed by atoms with van der Waals surface area (Å²) in [5.74, 6) is -0.920. The monoisotopic (exact) mass is 458 g/mol. The molecule has 8 heteroatoms. The predicted octanol–water partition coefficient (Wildman–Crippen LogP) is 3.35. The number of nitrogens with zero attached hydrogens (tertiary/aromatic N) is 4. The van der Waals surface area contributed by atoms with Gasteiger partial charge in [-0.2, -0.15) is 4.99 Å². The number of hydrogen-bond donors (Lipinski definition) is 0. The van der Waals surface area contributed by atoms with E-state index in [0.29, 0.717) is 11.3 Å². The van der Waals surface area contributed by atoms with E-state index < -0.39 is 5.97 Å². The van der Waals surface area contributed by atoms with Gasteiger partial charge in [-0.1, -0.05) is 50.2 Å². The molecule has 3 heterocycles. The molecule has 4 rings (SSSR count). The SMILES string of the molecule is CCOC(=O)c1cc2c(=O)n3ccccc3nc2n(Cc2ccccc2)c1=NC(=O)CC(C)C. The first-order valence-electron chi connectivity index (χ1n) is 11.2. The van der Waals surface area contributed by atoms with Gasteiger partial charge in [0.15, 0.2) is 5.49 Å². The maximum atomic E-state index is 13.4. The largest absolute Gasteiger partial charge is 0.462 e. The number of ether oxygens (including phenoxy) is 1. The molecule has 0 radical (unpaired) electrons. The Hall–Kier alpha value is -4.07. The van der Waals surface area contributed by atoms with Gasteiger partial charge in [0.2, 0.25) is 5.91 Å². The number of esters is 1. The zero-order valence-corrected chi connectivity index (χ0v) is 19.4. The molecule has 8 nitrogen and oxygen atoms in total. The molecular formula is C26H26N4O4. The van der Waals surface area contributed by atoms with Gasteiger partial charge in [0.1, 0.15) is 16.9 Å². The van der Waals surface area contributed by atoms with Crippen molar-refractivity contribution in [2.75, 3.05) is 6.61 Å². The van der Waals surface area contributed by atoms with Gasteiger partial charge in [-0.15, -0.1) is 0 Å². The summed E-state index contributed by atoms with van der Waals surface area (Å²) in [5.41, 5.74) is 1.55. The van der Waals surface area contributed by atoms with E-state index in [4.69, 9.17) is 9.72 Å². The summed E-state index contributed by atoms with van der Waals surface area (Å²) in [6.45, 7) is 5.94. The van der Waals surface area contributed by atoms with Crippen LogP contribution in [0.4, 0.5) is 0 Å². The molecule has 0 spiro atoms. The van der Waals surface area contributed by atoms with Crippen LogP contribution in [0.25, 0.3) is 16.7 Å². The standard InChI is InChI=1S/C26H26N4O4/c1-4-34-26(33)20-15-19-23(27-21-12-8-9-13-29(21)25(19)32)30(16-18-10-6-5-7-11-18)24(20)28-22(31)14-17(2)3/h5-13,15,17H,4,14,16H2,1-3H3. The fraction of sp³-hybridized carbons (Fsp3) is 0.269. The van der Waals surface area contributed by atoms with Crippen LogP contribution in [0.15, 0.2) is 70.6 Å². The molecule has 3 aromatic heterocycles. The van der Waals surface area contributed by atoms with E-state index in [1.807, 2.05) is 44.2 Å². The summed E-state index contributed by atoms with van der Waals surface area (Å²) in [6, 6.07) is 16.2. The van der Waals surface area contributed by atoms with Gasteiger partial charge in [0.05, 0.1) is 18.5 Å². The summed E-state index contributed by atoms with van der Waals surface area (Å²) >= 11 is 0. The van der Waals surface area contributed by atoms with Gasteiger partial charge in [-0.05, 0) is 36.6 Å². The van der Waals surface area contributed by atoms with Gasteiger partial charge in [0.25, 0.3) is 5.56 Å². The Morgan fingerprint density at radius 1 is 1.09 bits per heavy atom. The Morgan fingerprint density at radius 2 is 1.82 bits per heavy atom. The Bertz CT molecular complexity index is 1500. The summed E-state index contributed by atoms with van der Waals surface area (Å²) in [7, 11) is 0. The Kier molecular flexibility index (Phi) is 6.67. The van der Waals surface area contributed by atoms with Crippen LogP contribution in [0, 0.1) is 5.92 Å². The van der Waals surface area contributed by atoms with Crippen molar-refractivity contribution < 1.29 is 14.3 Å². The highest BCUT2D eigenvalue weighted by atomic mass is 16.5. The number of carbonyl (C=O) groups excluding carboxylic acids is 2. The van der Waals surface area contributed by atoms with Crippen LogP contribution in [0.5, 0.6) is 0 Å². The lowest BCUT2D eigenvalue weighted by Crippen LogP contribution is -2.33. The molecule has 0 saturated carbocycles. The molecule has 0 atom stereocenters. The number of hydrogen-bond acceptors (Lipinski definition) is 5. The maximum Gasteiger partial charge on any atom is 0.341 e. The van der Waals surface area contributed by atoms with Crippen LogP contribution >= 0.6 is 0 Å². The molecule has 34 heavy (non-hydrogen) atoms. The van der Waals surface area contributed by atoms with E-state index >= 15 is 0 Å². The van der Waals surface area contributed by atoms with E-state index in [0.717, 1.165) is 5.56 Å². The second-order valence-electron chi connectivity index (χ2n) is 8.36. The molecule has 0 aliphatic rings. The molecule has 0 bridgehead atoms. The van der Waals surface area contributed by atoms with Crippen LogP contribution in [0.2, 0.25) is 0 Å². The quantitative estimate of drug-likeness (QED) is 0.326. The van der Waals surface area contributed by atoms with Crippen molar-refractivity contribution in [1.82, 2.24) is 14.0 Å². The third-order valence-electron chi connectivity index (χ3n) is 5.28. The third kappa shape index (κ3) is 4.66. The minimum absolute atomic E-state index is 0.0529. The molecule has 0 unspecified atom stereocenters. The van der Waals surface area contributed by atoms with Gasteiger partial charge >= 0.3 is 5.97 Å². The maximum absolute atomic E-state index is 13.4. The Morgan fingerprint density at radius 3 is 2.53 bits per heavy atom. The predicted molar refractivity (Wildman–Crippen MR) is 128 cm³/mol. The van der Waals surface area contributed by atoms with Crippen molar-refractivity contribution in [3.63, 3.8) is 0 Å². The van der Waals surface area contributed by atoms with E-state index in [2.05, 4.69) is 4.99 Å². The molecule has 0 aliphatic heterocycles. The lowest BCUT2D eigenvalue weighted by molar-refractivity contribution is -0.118. The van der Waals surface area contributed by atoms with Crippen LogP contribution in [0.1, 0.15) is 43.1 Å². The van der Waals surface area contributed by atoms with Gasteiger partial charge < -0.3 is 9.30 Å². The van der Waals surface area contributed by atoms with Crippen molar-refractivity contribution >= 4 is 28.6 Å². The normalized spacial score (nSPS) is 11.9. The van der Waals surface area contributed by atoms with E-state index in [1.165, 1.54) is 10.5 Å². The van der Waals surface area contributed by atoms with E-state index in [-0.39, 0.29) is 53.4 Å². The molecule has 1 aromatic carbocycles. The minimum Gasteiger partial charge on any atom is -0.462 e. The minimum atomic E-state index is -0.653. The highest BCUT2D eigenvalue weighted by Gasteiger charge is 2.20. The van der Waals surface area contributed by atoms with Crippen LogP contribution in [-0.4, -0.2) is 32.4 Å². The van der Waals surface area contributed by atoms with Crippen LogP contribution in [-0.2, 0) is 16.1 Å². The number of amides is 1. The number of rotatable bonds is 6. The number of aromatic nitrogens is 3. The molecule has 174 valence electrons. The first-order valence-corrected chi connectivity index (χ1v) is 11.2. The van der Waals surface area contributed by atoms with Gasteiger partial charge in [-0.25, -0.2) is 9.78 Å². The van der Waals surface area contributed by atoms with Crippen LogP contribution in [0.3, 0.4) is 0 Å². The Balaban J connectivity index is 2.14. The first kappa shape index (κ1) is 23.1. The summed E-state index contributed by atoms with van der Waals surface area (Å²) in [4.78, 5) is 48.1. The molecule has 4 aromatic rings. The number of fused-ring (bicyclic) bond motifs is 2. The van der Waals surface area contributed by atoms with Crippen molar-refractivity contribution in [3.05, 3.63) is 87.8 Å². The summed E-state index contributed by atoms with van der Waals surface area (Å²) in [6.07, 6.45) is 1.85. The second-order valence-corrected chi connectivity index (χ2v) is 8.36. The smallest absolute Gasteiger partial charge is 0.341 e. The van der Waals surface area contributed by atoms with E-state index in [1.54, 1.807) is 35.9 Å². The zero-order chi connectivity index (χ0) is 24.2. The fourth-order valence-electron chi connectivity index (χ4n) is 3.79. The molecule has 0 N–H and O–H groups in total. The molecular weight excluding hydrogens is 432 g/mol. The zero-order valence-electron chi connectivity index (χ0n) is 19.4. The third-order valence-corrected chi connectivity index (χ3v) is 5.28. The van der Waals surface area contributed by atoms with E-state index in [9.17, 15) is 14.4 Å². The average molecular weight is 459 g/mol. The van der Waals surface area contributed by atoms with Crippen molar-refractivity contribution in [2.24, 2.45) is 10.9 Å². The molecule has 0 saturated heterocycles. The highest BCUT2D eigenvalue weighted by Crippen LogP contribution is 2.14. The number of carbonyl (C=O) groups is 2. The first-order chi connectivity index (χ1) is 16.4. The van der Waals surface area contributed by atoms with Gasteiger partial charge in [-0.3, -0.25) is 14.0 Å². The summed E-state index contributed by atoms with van der Waals surface area (Å²) in [5, 5.41) is 0.234. The van der Waals surface area contributed by atoms with Gasteiger partial charge in [0, 0.05) is 12.6 Å². The number of benzene rings is 1. The lowest BCUT2D eigenvalue weighted by atomic mass is 10.1. The molecule has 0 aliphatic carbocycles. The molecule has 1 amide bonds. The van der Waals surface area contributed by atoms with Crippen molar-refractivity contribution in [3.8, 4) is 0 Å². The second kappa shape index (κ2) is 9.82. The fourth-order valence-corrected chi connectivity index (χ4v) is 3.79. The van der Waals surface area contributed by atoms with Crippen molar-refractivity contribution in [1.29, 1.82) is 0 Å².